The van der Waals surface area contributed by atoms with Crippen LogP contribution in [0.3, 0.4) is 0 Å². The number of benzene rings is 1. The maximum atomic E-state index is 12.7. The van der Waals surface area contributed by atoms with E-state index >= 15 is 0 Å². The Labute approximate surface area is 165 Å². The summed E-state index contributed by atoms with van der Waals surface area (Å²) in [5, 5.41) is 9.98. The van der Waals surface area contributed by atoms with E-state index in [9.17, 15) is 13.2 Å². The summed E-state index contributed by atoms with van der Waals surface area (Å²) in [6, 6.07) is 9.00. The van der Waals surface area contributed by atoms with E-state index in [0.29, 0.717) is 30.3 Å². The van der Waals surface area contributed by atoms with Crippen LogP contribution >= 0.6 is 0 Å². The predicted octanol–water partition coefficient (Wildman–Crippen LogP) is 2.97. The first-order valence-electron chi connectivity index (χ1n) is 9.90. The first kappa shape index (κ1) is 19.1. The first-order valence-corrected chi connectivity index (χ1v) is 11.5. The monoisotopic (exact) mass is 402 g/mol. The molecule has 1 aromatic carbocycles. The van der Waals surface area contributed by atoms with Gasteiger partial charge in [0, 0.05) is 24.6 Å². The molecule has 150 valence electrons. The molecule has 28 heavy (non-hydrogen) atoms. The van der Waals surface area contributed by atoms with Crippen LogP contribution in [-0.4, -0.2) is 47.7 Å². The molecule has 2 fully saturated rings. The van der Waals surface area contributed by atoms with E-state index in [1.807, 2.05) is 18.2 Å². The molecule has 2 aromatic rings. The largest absolute Gasteiger partial charge is 0.319 e. The second-order valence-electron chi connectivity index (χ2n) is 7.76. The number of H-pyrrole nitrogens is 1. The van der Waals surface area contributed by atoms with Crippen LogP contribution in [0.4, 0.5) is 5.69 Å². The third kappa shape index (κ3) is 4.44. The van der Waals surface area contributed by atoms with Crippen molar-refractivity contribution in [3.05, 3.63) is 47.8 Å². The Morgan fingerprint density at radius 1 is 1.21 bits per heavy atom. The average molecular weight is 403 g/mol. The second kappa shape index (κ2) is 8.05. The predicted molar refractivity (Wildman–Crippen MR) is 108 cm³/mol. The lowest BCUT2D eigenvalue weighted by atomic mass is 9.95. The molecule has 0 bridgehead atoms. The summed E-state index contributed by atoms with van der Waals surface area (Å²) in [4.78, 5) is 12.5. The lowest BCUT2D eigenvalue weighted by molar-refractivity contribution is 0.102. The van der Waals surface area contributed by atoms with E-state index in [2.05, 4.69) is 15.5 Å². The van der Waals surface area contributed by atoms with Crippen molar-refractivity contribution >= 4 is 21.6 Å². The van der Waals surface area contributed by atoms with E-state index in [4.69, 9.17) is 0 Å². The quantitative estimate of drug-likeness (QED) is 0.744. The van der Waals surface area contributed by atoms with Crippen LogP contribution in [0.25, 0.3) is 0 Å². The molecule has 1 unspecified atom stereocenters. The normalized spacial score (nSPS) is 20.8. The highest BCUT2D eigenvalue weighted by Crippen LogP contribution is 2.35. The smallest absolute Gasteiger partial charge is 0.255 e. The van der Waals surface area contributed by atoms with E-state index in [1.54, 1.807) is 22.6 Å². The molecule has 1 saturated heterocycles. The van der Waals surface area contributed by atoms with Crippen molar-refractivity contribution in [1.82, 2.24) is 14.5 Å². The zero-order valence-corrected chi connectivity index (χ0v) is 16.6. The van der Waals surface area contributed by atoms with Crippen molar-refractivity contribution in [2.75, 3.05) is 24.2 Å². The molecule has 1 amide bonds. The molecular formula is C20H26N4O3S. The Morgan fingerprint density at radius 2 is 2.00 bits per heavy atom. The Hall–Kier alpha value is -2.19. The molecule has 7 nitrogen and oxygen atoms in total. The summed E-state index contributed by atoms with van der Waals surface area (Å²) in [5.41, 5.74) is 1.99. The fraction of sp³-hybridized carbons (Fsp3) is 0.500. The Morgan fingerprint density at radius 3 is 2.75 bits per heavy atom. The number of rotatable bonds is 7. The third-order valence-electron chi connectivity index (χ3n) is 5.62. The summed E-state index contributed by atoms with van der Waals surface area (Å²) in [6.07, 6.45) is 6.36. The van der Waals surface area contributed by atoms with Gasteiger partial charge < -0.3 is 5.32 Å². The van der Waals surface area contributed by atoms with Crippen LogP contribution in [0.5, 0.6) is 0 Å². The lowest BCUT2D eigenvalue weighted by Crippen LogP contribution is -2.40. The second-order valence-corrected chi connectivity index (χ2v) is 9.85. The van der Waals surface area contributed by atoms with Gasteiger partial charge in [0.2, 0.25) is 10.0 Å². The van der Waals surface area contributed by atoms with Gasteiger partial charge in [0.25, 0.3) is 5.91 Å². The standard InChI is InChI=1S/C20H26N4O3S/c25-20(16-5-2-1-3-6-16)22-18-13-21-23-19(18)17-7-4-11-24(14-17)28(26,27)12-10-15-8-9-15/h1-3,5-6,13,15,17H,4,7-12,14H2,(H,21,23)(H,22,25). The molecule has 1 saturated carbocycles. The Kier molecular flexibility index (Phi) is 5.50. The molecule has 2 N–H and O–H groups in total. The molecule has 2 aliphatic rings. The number of sulfonamides is 1. The number of aromatic nitrogens is 2. The summed E-state index contributed by atoms with van der Waals surface area (Å²) in [5.74, 6) is 0.638. The van der Waals surface area contributed by atoms with Crippen LogP contribution in [0, 0.1) is 5.92 Å². The van der Waals surface area contributed by atoms with Crippen LogP contribution in [-0.2, 0) is 10.0 Å². The molecule has 1 atom stereocenters. The van der Waals surface area contributed by atoms with Gasteiger partial charge >= 0.3 is 0 Å². The average Bonchev–Trinajstić information content (AvgIpc) is 3.44. The van der Waals surface area contributed by atoms with Gasteiger partial charge in [-0.25, -0.2) is 12.7 Å². The van der Waals surface area contributed by atoms with Gasteiger partial charge in [0.1, 0.15) is 0 Å². The van der Waals surface area contributed by atoms with Gasteiger partial charge in [-0.3, -0.25) is 9.89 Å². The summed E-state index contributed by atoms with van der Waals surface area (Å²) in [6.45, 7) is 1.01. The van der Waals surface area contributed by atoms with Gasteiger partial charge in [0.15, 0.2) is 0 Å². The molecule has 8 heteroatoms. The zero-order valence-electron chi connectivity index (χ0n) is 15.8. The zero-order chi connectivity index (χ0) is 19.6. The van der Waals surface area contributed by atoms with Crippen molar-refractivity contribution in [1.29, 1.82) is 0 Å². The Balaban J connectivity index is 1.44. The molecule has 1 aliphatic heterocycles. The molecule has 1 aliphatic carbocycles. The number of anilines is 1. The van der Waals surface area contributed by atoms with Crippen LogP contribution in [0.2, 0.25) is 0 Å². The topological polar surface area (TPSA) is 95.2 Å². The molecule has 4 rings (SSSR count). The molecule has 2 heterocycles. The number of piperidine rings is 1. The number of amides is 1. The van der Waals surface area contributed by atoms with Crippen LogP contribution < -0.4 is 5.32 Å². The van der Waals surface area contributed by atoms with Crippen molar-refractivity contribution in [2.45, 2.75) is 38.0 Å². The number of carbonyl (C=O) groups is 1. The number of aromatic amines is 1. The highest BCUT2D eigenvalue weighted by atomic mass is 32.2. The minimum atomic E-state index is -3.23. The van der Waals surface area contributed by atoms with Crippen molar-refractivity contribution in [3.63, 3.8) is 0 Å². The van der Waals surface area contributed by atoms with Gasteiger partial charge in [-0.05, 0) is 37.3 Å². The minimum Gasteiger partial charge on any atom is -0.319 e. The minimum absolute atomic E-state index is 0.00183. The van der Waals surface area contributed by atoms with E-state index in [-0.39, 0.29) is 17.6 Å². The lowest BCUT2D eigenvalue weighted by Gasteiger charge is -2.31. The fourth-order valence-electron chi connectivity index (χ4n) is 3.77. The van der Waals surface area contributed by atoms with Crippen molar-refractivity contribution in [3.8, 4) is 0 Å². The van der Waals surface area contributed by atoms with Gasteiger partial charge in [-0.2, -0.15) is 5.10 Å². The SMILES string of the molecule is O=C(Nc1cn[nH]c1C1CCCN(S(=O)(=O)CCC2CC2)C1)c1ccccc1. The molecule has 0 radical (unpaired) electrons. The van der Waals surface area contributed by atoms with Crippen molar-refractivity contribution in [2.24, 2.45) is 5.92 Å². The summed E-state index contributed by atoms with van der Waals surface area (Å²) < 4.78 is 27.0. The molecular weight excluding hydrogens is 376 g/mol. The van der Waals surface area contributed by atoms with Crippen molar-refractivity contribution < 1.29 is 13.2 Å². The maximum Gasteiger partial charge on any atom is 0.255 e. The molecule has 1 aromatic heterocycles. The van der Waals surface area contributed by atoms with Crippen LogP contribution in [0.1, 0.15) is 54.1 Å². The van der Waals surface area contributed by atoms with Gasteiger partial charge in [0.05, 0.1) is 23.3 Å². The third-order valence-corrected chi connectivity index (χ3v) is 7.49. The number of nitrogens with zero attached hydrogens (tertiary/aromatic N) is 2. The van der Waals surface area contributed by atoms with Gasteiger partial charge in [-0.1, -0.05) is 31.0 Å². The van der Waals surface area contributed by atoms with Crippen LogP contribution in [0.15, 0.2) is 36.5 Å². The van der Waals surface area contributed by atoms with E-state index in [1.165, 1.54) is 0 Å². The first-order chi connectivity index (χ1) is 13.5. The highest BCUT2D eigenvalue weighted by Gasteiger charge is 2.33. The number of hydrogen-bond donors (Lipinski definition) is 2. The molecule has 0 spiro atoms. The van der Waals surface area contributed by atoms with E-state index < -0.39 is 10.0 Å². The van der Waals surface area contributed by atoms with E-state index in [0.717, 1.165) is 37.8 Å². The van der Waals surface area contributed by atoms with Gasteiger partial charge in [-0.15, -0.1) is 0 Å². The number of carbonyl (C=O) groups excluding carboxylic acids is 1. The summed E-state index contributed by atoms with van der Waals surface area (Å²) in [7, 11) is -3.23. The number of nitrogens with one attached hydrogen (secondary N) is 2. The fourth-order valence-corrected chi connectivity index (χ4v) is 5.48. The summed E-state index contributed by atoms with van der Waals surface area (Å²) >= 11 is 0. The maximum absolute atomic E-state index is 12.7. The number of hydrogen-bond acceptors (Lipinski definition) is 4. The Bertz CT molecular complexity index is 922. The highest BCUT2D eigenvalue weighted by molar-refractivity contribution is 7.89.